The third-order valence-electron chi connectivity index (χ3n) is 4.48. The minimum Gasteiger partial charge on any atom is -0.467 e. The zero-order chi connectivity index (χ0) is 17.6. The summed E-state index contributed by atoms with van der Waals surface area (Å²) in [5.41, 5.74) is 0. The fraction of sp³-hybridized carbons (Fsp3) is 0.588. The monoisotopic (exact) mass is 347 g/mol. The second-order valence-corrected chi connectivity index (χ2v) is 6.41. The summed E-state index contributed by atoms with van der Waals surface area (Å²) in [5, 5.41) is 6.88. The highest BCUT2D eigenvalue weighted by molar-refractivity contribution is 5.77. The lowest BCUT2D eigenvalue weighted by Gasteiger charge is -2.23. The summed E-state index contributed by atoms with van der Waals surface area (Å²) in [7, 11) is 2.06. The molecule has 8 heteroatoms. The van der Waals surface area contributed by atoms with Gasteiger partial charge in [0.05, 0.1) is 25.9 Å². The van der Waals surface area contributed by atoms with Crippen LogP contribution in [0.25, 0.3) is 0 Å². The van der Waals surface area contributed by atoms with E-state index in [9.17, 15) is 4.79 Å². The number of carbonyl (C=O) groups excluding carboxylic acids is 1. The molecule has 1 fully saturated rings. The van der Waals surface area contributed by atoms with Crippen LogP contribution in [0.15, 0.2) is 27.3 Å². The van der Waals surface area contributed by atoms with Crippen LogP contribution in [-0.4, -0.2) is 58.6 Å². The highest BCUT2D eigenvalue weighted by atomic mass is 16.5. The Balaban J connectivity index is 1.40. The van der Waals surface area contributed by atoms with Crippen LogP contribution in [0.2, 0.25) is 0 Å². The number of likely N-dealkylation sites (N-methyl/N-ethyl adjacent to an activating group) is 1. The molecule has 3 rings (SSSR count). The van der Waals surface area contributed by atoms with Crippen LogP contribution in [0.4, 0.5) is 0 Å². The van der Waals surface area contributed by atoms with Crippen molar-refractivity contribution in [3.8, 4) is 0 Å². The molecule has 2 aromatic heterocycles. The summed E-state index contributed by atoms with van der Waals surface area (Å²) >= 11 is 0. The smallest absolute Gasteiger partial charge is 0.234 e. The van der Waals surface area contributed by atoms with Gasteiger partial charge in [0.1, 0.15) is 5.76 Å². The minimum absolute atomic E-state index is 0.0189. The number of hydrogen-bond acceptors (Lipinski definition) is 7. The molecule has 2 aromatic rings. The molecule has 0 aliphatic carbocycles. The Hall–Kier alpha value is -2.19. The van der Waals surface area contributed by atoms with Crippen LogP contribution in [0, 0.1) is 0 Å². The lowest BCUT2D eigenvalue weighted by Crippen LogP contribution is -2.38. The average Bonchev–Trinajstić information content (AvgIpc) is 3.34. The van der Waals surface area contributed by atoms with E-state index in [4.69, 9.17) is 8.94 Å². The van der Waals surface area contributed by atoms with Gasteiger partial charge >= 0.3 is 0 Å². The summed E-state index contributed by atoms with van der Waals surface area (Å²) in [6, 6.07) is 4.06. The van der Waals surface area contributed by atoms with Crippen molar-refractivity contribution in [2.24, 2.45) is 0 Å². The molecule has 0 saturated carbocycles. The van der Waals surface area contributed by atoms with Gasteiger partial charge < -0.3 is 14.3 Å². The van der Waals surface area contributed by atoms with Gasteiger partial charge in [0.15, 0.2) is 5.82 Å². The molecule has 136 valence electrons. The number of amides is 1. The minimum atomic E-state index is 0.0189. The van der Waals surface area contributed by atoms with Crippen LogP contribution in [0.3, 0.4) is 0 Å². The van der Waals surface area contributed by atoms with E-state index in [-0.39, 0.29) is 5.91 Å². The van der Waals surface area contributed by atoms with Gasteiger partial charge in [0, 0.05) is 25.6 Å². The van der Waals surface area contributed by atoms with Crippen LogP contribution >= 0.6 is 0 Å². The maximum absolute atomic E-state index is 12.1. The Morgan fingerprint density at radius 1 is 1.52 bits per heavy atom. The summed E-state index contributed by atoms with van der Waals surface area (Å²) in [6.07, 6.45) is 3.39. The molecule has 1 saturated heterocycles. The number of nitrogens with zero attached hydrogens (tertiary/aromatic N) is 4. The second-order valence-electron chi connectivity index (χ2n) is 6.41. The fourth-order valence-electron chi connectivity index (χ4n) is 3.02. The van der Waals surface area contributed by atoms with E-state index in [0.29, 0.717) is 37.4 Å². The highest BCUT2D eigenvalue weighted by Gasteiger charge is 2.27. The fourth-order valence-corrected chi connectivity index (χ4v) is 3.02. The molecule has 1 N–H and O–H groups in total. The van der Waals surface area contributed by atoms with Crippen molar-refractivity contribution in [2.75, 3.05) is 26.7 Å². The van der Waals surface area contributed by atoms with Crippen molar-refractivity contribution >= 4 is 5.91 Å². The molecule has 1 unspecified atom stereocenters. The Morgan fingerprint density at radius 3 is 3.12 bits per heavy atom. The molecule has 3 heterocycles. The molecule has 1 aliphatic rings. The molecule has 8 nitrogen and oxygen atoms in total. The van der Waals surface area contributed by atoms with E-state index in [1.54, 1.807) is 6.26 Å². The lowest BCUT2D eigenvalue weighted by molar-refractivity contribution is -0.122. The second kappa shape index (κ2) is 8.26. The number of likely N-dealkylation sites (tertiary alicyclic amines) is 1. The molecule has 0 spiro atoms. The van der Waals surface area contributed by atoms with Crippen molar-refractivity contribution in [1.29, 1.82) is 0 Å². The first-order chi connectivity index (χ1) is 12.1. The van der Waals surface area contributed by atoms with E-state index < -0.39 is 0 Å². The predicted octanol–water partition coefficient (Wildman–Crippen LogP) is 1.05. The molecule has 0 aromatic carbocycles. The number of nitrogens with one attached hydrogen (secondary N) is 1. The summed E-state index contributed by atoms with van der Waals surface area (Å²) in [6.45, 7) is 5.27. The number of aromatic nitrogens is 2. The molecule has 1 aliphatic heterocycles. The van der Waals surface area contributed by atoms with Gasteiger partial charge in [-0.05, 0) is 25.6 Å². The third-order valence-corrected chi connectivity index (χ3v) is 4.48. The molecular weight excluding hydrogens is 322 g/mol. The molecule has 1 atom stereocenters. The standard InChI is InChI=1S/C17H25N5O3/c1-3-17-19-15(20-25-17)11-21(2)13-6-7-22(10-13)12-16(23)18-9-14-5-4-8-24-14/h4-5,8,13H,3,6-7,9-12H2,1-2H3,(H,18,23). The third kappa shape index (κ3) is 4.90. The average molecular weight is 347 g/mol. The van der Waals surface area contributed by atoms with Gasteiger partial charge in [0.25, 0.3) is 0 Å². The van der Waals surface area contributed by atoms with Crippen molar-refractivity contribution in [1.82, 2.24) is 25.3 Å². The van der Waals surface area contributed by atoms with Gasteiger partial charge in [-0.1, -0.05) is 12.1 Å². The Bertz CT molecular complexity index is 670. The van der Waals surface area contributed by atoms with Crippen LogP contribution < -0.4 is 5.32 Å². The van der Waals surface area contributed by atoms with Gasteiger partial charge in [0.2, 0.25) is 11.8 Å². The summed E-state index contributed by atoms with van der Waals surface area (Å²) < 4.78 is 10.4. The van der Waals surface area contributed by atoms with Crippen LogP contribution in [-0.2, 0) is 24.3 Å². The van der Waals surface area contributed by atoms with Crippen molar-refractivity contribution in [3.63, 3.8) is 0 Å². The largest absolute Gasteiger partial charge is 0.467 e. The number of rotatable bonds is 8. The summed E-state index contributed by atoms with van der Waals surface area (Å²) in [5.74, 6) is 2.17. The van der Waals surface area contributed by atoms with E-state index in [1.165, 1.54) is 0 Å². The predicted molar refractivity (Wildman–Crippen MR) is 90.5 cm³/mol. The highest BCUT2D eigenvalue weighted by Crippen LogP contribution is 2.16. The molecule has 25 heavy (non-hydrogen) atoms. The molecular formula is C17H25N5O3. The molecule has 1 amide bonds. The number of hydrogen-bond donors (Lipinski definition) is 1. The Morgan fingerprint density at radius 2 is 2.40 bits per heavy atom. The van der Waals surface area contributed by atoms with Gasteiger partial charge in [-0.25, -0.2) is 0 Å². The summed E-state index contributed by atoms with van der Waals surface area (Å²) in [4.78, 5) is 20.8. The molecule has 0 bridgehead atoms. The van der Waals surface area contributed by atoms with Crippen LogP contribution in [0.1, 0.15) is 30.8 Å². The Kier molecular flexibility index (Phi) is 5.83. The Labute approximate surface area is 147 Å². The van der Waals surface area contributed by atoms with Crippen molar-refractivity contribution in [3.05, 3.63) is 35.9 Å². The van der Waals surface area contributed by atoms with E-state index >= 15 is 0 Å². The SMILES string of the molecule is CCc1nc(CN(C)C2CCN(CC(=O)NCc3ccco3)C2)no1. The van der Waals surface area contributed by atoms with E-state index in [1.807, 2.05) is 19.1 Å². The quantitative estimate of drug-likeness (QED) is 0.763. The van der Waals surface area contributed by atoms with Gasteiger partial charge in [-0.3, -0.25) is 14.6 Å². The number of carbonyl (C=O) groups is 1. The van der Waals surface area contributed by atoms with Gasteiger partial charge in [-0.15, -0.1) is 0 Å². The maximum atomic E-state index is 12.1. The van der Waals surface area contributed by atoms with Crippen molar-refractivity contribution < 1.29 is 13.7 Å². The number of aryl methyl sites for hydroxylation is 1. The van der Waals surface area contributed by atoms with Crippen molar-refractivity contribution in [2.45, 2.75) is 38.9 Å². The zero-order valence-corrected chi connectivity index (χ0v) is 14.8. The first-order valence-electron chi connectivity index (χ1n) is 8.67. The van der Waals surface area contributed by atoms with Gasteiger partial charge in [-0.2, -0.15) is 4.98 Å². The first-order valence-corrected chi connectivity index (χ1v) is 8.67. The lowest BCUT2D eigenvalue weighted by atomic mass is 10.2. The topological polar surface area (TPSA) is 87.6 Å². The van der Waals surface area contributed by atoms with Crippen LogP contribution in [0.5, 0.6) is 0 Å². The maximum Gasteiger partial charge on any atom is 0.234 e. The first kappa shape index (κ1) is 17.6. The van der Waals surface area contributed by atoms with E-state index in [2.05, 4.69) is 32.3 Å². The zero-order valence-electron chi connectivity index (χ0n) is 14.8. The van der Waals surface area contributed by atoms with E-state index in [0.717, 1.165) is 31.7 Å². The molecule has 0 radical (unpaired) electrons. The number of furan rings is 1. The normalized spacial score (nSPS) is 18.1.